The number of carbonyl (C=O) groups excluding carboxylic acids is 1. The van der Waals surface area contributed by atoms with Gasteiger partial charge in [0.05, 0.1) is 13.7 Å². The second-order valence-electron chi connectivity index (χ2n) is 5.56. The minimum Gasteiger partial charge on any atom is -0.497 e. The Balaban J connectivity index is 1.94. The molecule has 24 heavy (non-hydrogen) atoms. The molecule has 2 aromatic carbocycles. The number of anilines is 1. The molecule has 4 nitrogen and oxygen atoms in total. The van der Waals surface area contributed by atoms with Crippen molar-refractivity contribution >= 4 is 11.7 Å². The zero-order valence-corrected chi connectivity index (χ0v) is 14.3. The van der Waals surface area contributed by atoms with Gasteiger partial charge in [0.2, 0.25) is 0 Å². The Labute approximate surface area is 143 Å². The van der Waals surface area contributed by atoms with Crippen LogP contribution in [0.3, 0.4) is 0 Å². The lowest BCUT2D eigenvalue weighted by Crippen LogP contribution is -2.31. The average molecular weight is 327 g/mol. The van der Waals surface area contributed by atoms with Crippen LogP contribution in [0.25, 0.3) is 0 Å². The molecule has 128 valence electrons. The quantitative estimate of drug-likeness (QED) is 0.706. The van der Waals surface area contributed by atoms with E-state index in [-0.39, 0.29) is 12.0 Å². The lowest BCUT2D eigenvalue weighted by molar-refractivity contribution is -0.144. The highest BCUT2D eigenvalue weighted by molar-refractivity contribution is 5.79. The monoisotopic (exact) mass is 327 g/mol. The molecule has 0 saturated heterocycles. The number of carbonyl (C=O) groups is 1. The Morgan fingerprint density at radius 1 is 1.08 bits per heavy atom. The van der Waals surface area contributed by atoms with Crippen molar-refractivity contribution in [3.8, 4) is 5.75 Å². The SMILES string of the molecule is CCOC(=O)[C@@H](CCCc1ccccc1)Nc1ccc(OC)cc1. The first kappa shape index (κ1) is 17.9. The van der Waals surface area contributed by atoms with Crippen molar-refractivity contribution in [1.29, 1.82) is 0 Å². The van der Waals surface area contributed by atoms with Crippen molar-refractivity contribution < 1.29 is 14.3 Å². The van der Waals surface area contributed by atoms with Crippen molar-refractivity contribution in [3.05, 3.63) is 60.2 Å². The molecular weight excluding hydrogens is 302 g/mol. The maximum Gasteiger partial charge on any atom is 0.328 e. The summed E-state index contributed by atoms with van der Waals surface area (Å²) < 4.78 is 10.4. The van der Waals surface area contributed by atoms with Crippen LogP contribution in [0, 0.1) is 0 Å². The summed E-state index contributed by atoms with van der Waals surface area (Å²) >= 11 is 0. The third kappa shape index (κ3) is 5.61. The first-order chi connectivity index (χ1) is 11.7. The number of hydrogen-bond donors (Lipinski definition) is 1. The Kier molecular flexibility index (Phi) is 7.15. The Bertz CT molecular complexity index is 611. The molecule has 1 atom stereocenters. The van der Waals surface area contributed by atoms with Crippen LogP contribution in [0.4, 0.5) is 5.69 Å². The van der Waals surface area contributed by atoms with Gasteiger partial charge < -0.3 is 14.8 Å². The maximum atomic E-state index is 12.2. The second kappa shape index (κ2) is 9.60. The lowest BCUT2D eigenvalue weighted by atomic mass is 10.0. The van der Waals surface area contributed by atoms with Crippen LogP contribution in [-0.2, 0) is 16.0 Å². The molecule has 0 fully saturated rings. The molecule has 2 aromatic rings. The van der Waals surface area contributed by atoms with Crippen LogP contribution in [0.2, 0.25) is 0 Å². The largest absolute Gasteiger partial charge is 0.497 e. The summed E-state index contributed by atoms with van der Waals surface area (Å²) in [6, 6.07) is 17.5. The van der Waals surface area contributed by atoms with Gasteiger partial charge in [-0.05, 0) is 56.0 Å². The van der Waals surface area contributed by atoms with Gasteiger partial charge >= 0.3 is 5.97 Å². The third-order valence-corrected chi connectivity index (χ3v) is 3.80. The van der Waals surface area contributed by atoms with Crippen molar-refractivity contribution in [2.24, 2.45) is 0 Å². The molecule has 0 aliphatic rings. The van der Waals surface area contributed by atoms with E-state index in [2.05, 4.69) is 17.4 Å². The van der Waals surface area contributed by atoms with E-state index in [4.69, 9.17) is 9.47 Å². The Morgan fingerprint density at radius 3 is 2.42 bits per heavy atom. The van der Waals surface area contributed by atoms with Crippen molar-refractivity contribution in [3.63, 3.8) is 0 Å². The first-order valence-electron chi connectivity index (χ1n) is 8.34. The molecule has 0 aromatic heterocycles. The normalized spacial score (nSPS) is 11.6. The van der Waals surface area contributed by atoms with E-state index in [9.17, 15) is 4.79 Å². The minimum atomic E-state index is -0.345. The molecule has 1 N–H and O–H groups in total. The molecule has 0 saturated carbocycles. The number of benzene rings is 2. The Morgan fingerprint density at radius 2 is 1.79 bits per heavy atom. The maximum absolute atomic E-state index is 12.2. The molecule has 4 heteroatoms. The van der Waals surface area contributed by atoms with Crippen molar-refractivity contribution in [2.45, 2.75) is 32.2 Å². The topological polar surface area (TPSA) is 47.6 Å². The smallest absolute Gasteiger partial charge is 0.328 e. The van der Waals surface area contributed by atoms with E-state index >= 15 is 0 Å². The van der Waals surface area contributed by atoms with E-state index in [1.54, 1.807) is 7.11 Å². The number of nitrogens with one attached hydrogen (secondary N) is 1. The standard InChI is InChI=1S/C20H25NO3/c1-3-24-20(22)19(11-7-10-16-8-5-4-6-9-16)21-17-12-14-18(23-2)15-13-17/h4-6,8-9,12-15,19,21H,3,7,10-11H2,1-2H3/t19-/m1/s1. The summed E-state index contributed by atoms with van der Waals surface area (Å²) in [5, 5.41) is 3.27. The van der Waals surface area contributed by atoms with Crippen LogP contribution in [0.1, 0.15) is 25.3 Å². The van der Waals surface area contributed by atoms with Gasteiger partial charge in [-0.15, -0.1) is 0 Å². The third-order valence-electron chi connectivity index (χ3n) is 3.80. The van der Waals surface area contributed by atoms with Gasteiger partial charge in [0.25, 0.3) is 0 Å². The number of ether oxygens (including phenoxy) is 2. The summed E-state index contributed by atoms with van der Waals surface area (Å²) in [7, 11) is 1.63. The first-order valence-corrected chi connectivity index (χ1v) is 8.34. The van der Waals surface area contributed by atoms with E-state index in [1.165, 1.54) is 5.56 Å². The van der Waals surface area contributed by atoms with Crippen LogP contribution in [-0.4, -0.2) is 25.7 Å². The predicted molar refractivity (Wildman–Crippen MR) is 96.4 cm³/mol. The fourth-order valence-corrected chi connectivity index (χ4v) is 2.54. The highest BCUT2D eigenvalue weighted by Gasteiger charge is 2.19. The van der Waals surface area contributed by atoms with Crippen LogP contribution in [0.5, 0.6) is 5.75 Å². The molecule has 0 radical (unpaired) electrons. The highest BCUT2D eigenvalue weighted by atomic mass is 16.5. The summed E-state index contributed by atoms with van der Waals surface area (Å²) in [6.45, 7) is 2.21. The second-order valence-corrected chi connectivity index (χ2v) is 5.56. The van der Waals surface area contributed by atoms with E-state index in [0.29, 0.717) is 6.61 Å². The zero-order chi connectivity index (χ0) is 17.2. The number of hydrogen-bond acceptors (Lipinski definition) is 4. The van der Waals surface area contributed by atoms with Gasteiger partial charge in [0.15, 0.2) is 0 Å². The van der Waals surface area contributed by atoms with Crippen molar-refractivity contribution in [1.82, 2.24) is 0 Å². The molecule has 0 aliphatic carbocycles. The molecule has 0 spiro atoms. The van der Waals surface area contributed by atoms with Crippen LogP contribution < -0.4 is 10.1 Å². The number of esters is 1. The zero-order valence-electron chi connectivity index (χ0n) is 14.3. The summed E-state index contributed by atoms with van der Waals surface area (Å²) in [6.07, 6.45) is 2.58. The molecule has 0 amide bonds. The van der Waals surface area contributed by atoms with Gasteiger partial charge in [0, 0.05) is 5.69 Å². The van der Waals surface area contributed by atoms with Crippen LogP contribution >= 0.6 is 0 Å². The number of methoxy groups -OCH3 is 1. The minimum absolute atomic E-state index is 0.207. The number of aryl methyl sites for hydroxylation is 1. The lowest BCUT2D eigenvalue weighted by Gasteiger charge is -2.18. The summed E-state index contributed by atoms with van der Waals surface area (Å²) in [4.78, 5) is 12.2. The fraction of sp³-hybridized carbons (Fsp3) is 0.350. The van der Waals surface area contributed by atoms with Gasteiger partial charge in [-0.3, -0.25) is 0 Å². The average Bonchev–Trinajstić information content (AvgIpc) is 2.62. The summed E-state index contributed by atoms with van der Waals surface area (Å²) in [5.41, 5.74) is 2.16. The molecular formula is C20H25NO3. The van der Waals surface area contributed by atoms with Gasteiger partial charge in [-0.1, -0.05) is 30.3 Å². The molecule has 2 rings (SSSR count). The van der Waals surface area contributed by atoms with Gasteiger partial charge in [-0.25, -0.2) is 4.79 Å². The highest BCUT2D eigenvalue weighted by Crippen LogP contribution is 2.18. The van der Waals surface area contributed by atoms with Crippen LogP contribution in [0.15, 0.2) is 54.6 Å². The van der Waals surface area contributed by atoms with Gasteiger partial charge in [-0.2, -0.15) is 0 Å². The Hall–Kier alpha value is -2.49. The molecule has 0 aliphatic heterocycles. The van der Waals surface area contributed by atoms with E-state index < -0.39 is 0 Å². The summed E-state index contributed by atoms with van der Waals surface area (Å²) in [5.74, 6) is 0.582. The predicted octanol–water partition coefficient (Wildman–Crippen LogP) is 4.06. The van der Waals surface area contributed by atoms with E-state index in [0.717, 1.165) is 30.7 Å². The van der Waals surface area contributed by atoms with E-state index in [1.807, 2.05) is 49.4 Å². The van der Waals surface area contributed by atoms with Crippen molar-refractivity contribution in [2.75, 3.05) is 19.0 Å². The van der Waals surface area contributed by atoms with Gasteiger partial charge in [0.1, 0.15) is 11.8 Å². The molecule has 0 bridgehead atoms. The molecule has 0 heterocycles. The fourth-order valence-electron chi connectivity index (χ4n) is 2.54. The molecule has 0 unspecified atom stereocenters. The number of rotatable bonds is 9.